The van der Waals surface area contributed by atoms with Crippen LogP contribution in [-0.4, -0.2) is 87.1 Å². The molecule has 4 saturated heterocycles. The molecule has 218 valence electrons. The van der Waals surface area contributed by atoms with Crippen molar-refractivity contribution in [2.75, 3.05) is 21.3 Å². The summed E-state index contributed by atoms with van der Waals surface area (Å²) in [5.74, 6) is -1.06. The van der Waals surface area contributed by atoms with E-state index in [-0.39, 0.29) is 28.2 Å². The van der Waals surface area contributed by atoms with E-state index in [0.29, 0.717) is 11.5 Å². The molecule has 2 amide bonds. The van der Waals surface area contributed by atoms with Gasteiger partial charge in [-0.1, -0.05) is 6.07 Å². The number of aliphatic hydroxyl groups excluding tert-OH is 2. The Kier molecular flexibility index (Phi) is 6.00. The number of amides is 2. The van der Waals surface area contributed by atoms with Crippen molar-refractivity contribution in [3.05, 3.63) is 71.7 Å². The molecule has 1 unspecified atom stereocenters. The van der Waals surface area contributed by atoms with Gasteiger partial charge < -0.3 is 43.7 Å². The molecule has 0 radical (unpaired) electrons. The molecule has 6 heterocycles. The number of hydrogen-bond donors (Lipinski definition) is 2. The molecule has 6 atom stereocenters. The number of aliphatic hydroxyl groups is 2. The smallest absolute Gasteiger partial charge is 0.338 e. The molecule has 2 spiro atoms. The van der Waals surface area contributed by atoms with E-state index in [2.05, 4.69) is 0 Å². The average molecular weight is 613 g/mol. The summed E-state index contributed by atoms with van der Waals surface area (Å²) in [6.45, 7) is 0. The van der Waals surface area contributed by atoms with Gasteiger partial charge in [-0.25, -0.2) is 4.79 Å². The van der Waals surface area contributed by atoms with Gasteiger partial charge in [0.1, 0.15) is 24.4 Å². The number of benzene rings is 2. The highest BCUT2D eigenvalue weighted by Gasteiger charge is 2.78. The minimum atomic E-state index is -1.84. The topological polar surface area (TPSA) is 144 Å². The minimum Gasteiger partial charge on any atom is -0.493 e. The zero-order valence-corrected chi connectivity index (χ0v) is 24.0. The first-order chi connectivity index (χ1) is 20.2. The zero-order valence-electron chi connectivity index (χ0n) is 22.4. The summed E-state index contributed by atoms with van der Waals surface area (Å²) in [6, 6.07) is 8.03. The SMILES string of the molecule is COc1ccc2cc1Oc1cc(ccc1OC)[C@H](O)C13SS[C@@]4(C(=O)N1C)[C@H](O)C1=COC=C[C@H](OC2=O)[C@H]1N4C3=O. The van der Waals surface area contributed by atoms with Gasteiger partial charge in [-0.3, -0.25) is 9.59 Å². The van der Waals surface area contributed by atoms with Crippen molar-refractivity contribution in [1.82, 2.24) is 9.80 Å². The molecule has 8 rings (SSSR count). The van der Waals surface area contributed by atoms with Crippen molar-refractivity contribution in [2.24, 2.45) is 0 Å². The number of likely N-dealkylation sites (N-methyl/N-ethyl adjacent to an activating group) is 1. The number of fused-ring (bicyclic) bond motifs is 6. The maximum atomic E-state index is 14.6. The lowest BCUT2D eigenvalue weighted by molar-refractivity contribution is -0.175. The summed E-state index contributed by atoms with van der Waals surface area (Å²) in [5, 5.41) is 23.5. The number of rotatable bonds is 2. The fraction of sp³-hybridized carbons (Fsp3) is 0.321. The highest BCUT2D eigenvalue weighted by Crippen LogP contribution is 2.67. The second-order valence-corrected chi connectivity index (χ2v) is 12.8. The third-order valence-corrected chi connectivity index (χ3v) is 11.8. The number of carbonyl (C=O) groups excluding carboxylic acids is 3. The van der Waals surface area contributed by atoms with Gasteiger partial charge in [0.05, 0.1) is 32.3 Å². The predicted octanol–water partition coefficient (Wildman–Crippen LogP) is 2.33. The fourth-order valence-corrected chi connectivity index (χ4v) is 9.92. The molecular weight excluding hydrogens is 588 g/mol. The van der Waals surface area contributed by atoms with Crippen molar-refractivity contribution in [2.45, 2.75) is 34.1 Å². The molecule has 42 heavy (non-hydrogen) atoms. The van der Waals surface area contributed by atoms with E-state index in [1.54, 1.807) is 18.2 Å². The molecule has 0 aromatic heterocycles. The van der Waals surface area contributed by atoms with Gasteiger partial charge in [0.15, 0.2) is 23.0 Å². The summed E-state index contributed by atoms with van der Waals surface area (Å²) in [5.41, 5.74) is 0.551. The van der Waals surface area contributed by atoms with E-state index in [1.165, 1.54) is 67.9 Å². The maximum Gasteiger partial charge on any atom is 0.338 e. The monoisotopic (exact) mass is 612 g/mol. The van der Waals surface area contributed by atoms with Gasteiger partial charge >= 0.3 is 5.97 Å². The molecule has 0 saturated carbocycles. The van der Waals surface area contributed by atoms with Gasteiger partial charge in [-0.05, 0) is 63.6 Å². The van der Waals surface area contributed by atoms with Crippen LogP contribution in [0.1, 0.15) is 22.0 Å². The summed E-state index contributed by atoms with van der Waals surface area (Å²) >= 11 is 0. The van der Waals surface area contributed by atoms with Crippen molar-refractivity contribution in [3.8, 4) is 23.0 Å². The number of carbonyl (C=O) groups is 3. The van der Waals surface area contributed by atoms with Crippen LogP contribution in [0.25, 0.3) is 0 Å². The molecule has 2 aromatic carbocycles. The lowest BCUT2D eigenvalue weighted by Crippen LogP contribution is -2.79. The zero-order chi connectivity index (χ0) is 29.6. The first-order valence-electron chi connectivity index (χ1n) is 12.8. The molecule has 6 aliphatic heterocycles. The second kappa shape index (κ2) is 9.33. The summed E-state index contributed by atoms with van der Waals surface area (Å²) in [7, 11) is 6.28. The standard InChI is InChI=1S/C28H24N2O10S2/c1-29-25(34)28-23(32)15-12-38-9-8-18-21(15)30(28)26(35)27(29,41-42-28)22(31)13-4-6-16(36-2)19(10-13)39-20-11-14(24(33)40-18)5-7-17(20)37-3/h4-12,18,21-23,31-32H,1-3H3/t18-,21-,22-,23+,27?,28+/m0/s1. The van der Waals surface area contributed by atoms with Gasteiger partial charge in [-0.2, -0.15) is 0 Å². The van der Waals surface area contributed by atoms with Crippen LogP contribution in [0.2, 0.25) is 0 Å². The van der Waals surface area contributed by atoms with Crippen LogP contribution in [0.3, 0.4) is 0 Å². The maximum absolute atomic E-state index is 14.6. The molecule has 2 N–H and O–H groups in total. The average Bonchev–Trinajstić information content (AvgIpc) is 3.10. The number of ether oxygens (including phenoxy) is 5. The lowest BCUT2D eigenvalue weighted by atomic mass is 9.93. The lowest BCUT2D eigenvalue weighted by Gasteiger charge is -2.60. The molecule has 0 aliphatic carbocycles. The molecule has 6 aliphatic rings. The first-order valence-corrected chi connectivity index (χ1v) is 15.0. The van der Waals surface area contributed by atoms with Crippen molar-refractivity contribution in [1.29, 1.82) is 0 Å². The number of methoxy groups -OCH3 is 2. The van der Waals surface area contributed by atoms with Crippen LogP contribution in [0.4, 0.5) is 0 Å². The Hall–Kier alpha value is -3.85. The summed E-state index contributed by atoms with van der Waals surface area (Å²) in [4.78, 5) is 41.1. The van der Waals surface area contributed by atoms with E-state index >= 15 is 0 Å². The first kappa shape index (κ1) is 27.0. The van der Waals surface area contributed by atoms with E-state index in [1.807, 2.05) is 0 Å². The Morgan fingerprint density at radius 1 is 0.905 bits per heavy atom. The predicted molar refractivity (Wildman–Crippen MR) is 149 cm³/mol. The molecular formula is C28H24N2O10S2. The largest absolute Gasteiger partial charge is 0.493 e. The third-order valence-electron chi connectivity index (χ3n) is 8.19. The van der Waals surface area contributed by atoms with E-state index in [0.717, 1.165) is 21.6 Å². The molecule has 7 bridgehead atoms. The molecule has 12 nitrogen and oxygen atoms in total. The quantitative estimate of drug-likeness (QED) is 0.379. The number of esters is 1. The van der Waals surface area contributed by atoms with Crippen LogP contribution >= 0.6 is 21.6 Å². The molecule has 4 fully saturated rings. The van der Waals surface area contributed by atoms with Crippen LogP contribution < -0.4 is 14.2 Å². The van der Waals surface area contributed by atoms with Gasteiger partial charge in [-0.15, -0.1) is 0 Å². The Labute approximate surface area is 247 Å². The fourth-order valence-electron chi connectivity index (χ4n) is 6.05. The third kappa shape index (κ3) is 3.31. The van der Waals surface area contributed by atoms with Crippen LogP contribution in [0.5, 0.6) is 23.0 Å². The highest BCUT2D eigenvalue weighted by atomic mass is 33.1. The molecule has 14 heteroatoms. The van der Waals surface area contributed by atoms with Gasteiger partial charge in [0.25, 0.3) is 11.8 Å². The van der Waals surface area contributed by atoms with Gasteiger partial charge in [0, 0.05) is 12.6 Å². The Balaban J connectivity index is 1.49. The van der Waals surface area contributed by atoms with Crippen LogP contribution in [0, 0.1) is 0 Å². The van der Waals surface area contributed by atoms with Crippen LogP contribution in [0.15, 0.2) is 60.6 Å². The Bertz CT molecular complexity index is 1610. The van der Waals surface area contributed by atoms with E-state index in [9.17, 15) is 24.6 Å². The van der Waals surface area contributed by atoms with Crippen molar-refractivity contribution in [3.63, 3.8) is 0 Å². The second-order valence-electron chi connectivity index (χ2n) is 10.2. The normalized spacial score (nSPS) is 32.6. The van der Waals surface area contributed by atoms with Crippen LogP contribution in [-0.2, 0) is 19.1 Å². The van der Waals surface area contributed by atoms with Crippen molar-refractivity contribution < 1.29 is 48.3 Å². The highest BCUT2D eigenvalue weighted by molar-refractivity contribution is 8.78. The van der Waals surface area contributed by atoms with Crippen molar-refractivity contribution >= 4 is 39.4 Å². The summed E-state index contributed by atoms with van der Waals surface area (Å²) < 4.78 is 28.5. The molecule has 2 aromatic rings. The number of nitrogens with zero attached hydrogens (tertiary/aromatic N) is 2. The minimum absolute atomic E-state index is 0.108. The van der Waals surface area contributed by atoms with E-state index < -0.39 is 51.9 Å². The Morgan fingerprint density at radius 2 is 1.60 bits per heavy atom. The number of hydrogen-bond acceptors (Lipinski definition) is 12. The Morgan fingerprint density at radius 3 is 2.33 bits per heavy atom. The number of piperazine rings is 1. The van der Waals surface area contributed by atoms with E-state index in [4.69, 9.17) is 23.7 Å². The van der Waals surface area contributed by atoms with Gasteiger partial charge in [0.2, 0.25) is 9.74 Å². The summed E-state index contributed by atoms with van der Waals surface area (Å²) in [6.07, 6.45) is -0.204.